The summed E-state index contributed by atoms with van der Waals surface area (Å²) in [5.41, 5.74) is 5.42. The van der Waals surface area contributed by atoms with E-state index in [4.69, 9.17) is 57.9 Å². The Morgan fingerprint density at radius 1 is 0.685 bits per heavy atom. The summed E-state index contributed by atoms with van der Waals surface area (Å²) in [5, 5.41) is 176. The Hall–Kier alpha value is -2.18. The third kappa shape index (κ3) is 13.9. The van der Waals surface area contributed by atoms with E-state index >= 15 is 0 Å². The first-order chi connectivity index (χ1) is 34.5. The Bertz CT molecular complexity index is 1700. The zero-order valence-corrected chi connectivity index (χ0v) is 40.0. The van der Waals surface area contributed by atoms with E-state index in [9.17, 15) is 91.3 Å². The van der Waals surface area contributed by atoms with Crippen LogP contribution in [0.3, 0.4) is 0 Å². The predicted octanol–water partition coefficient (Wildman–Crippen LogP) is -11.5. The highest BCUT2D eigenvalue weighted by atomic mass is 16.8. The minimum atomic E-state index is -3.17. The lowest BCUT2D eigenvalue weighted by molar-refractivity contribution is -0.405. The molecule has 73 heavy (non-hydrogen) atoms. The van der Waals surface area contributed by atoms with Crippen LogP contribution in [0.15, 0.2) is 0 Å². The number of hydrogen-bond acceptors (Lipinski definition) is 30. The van der Waals surface area contributed by atoms with Gasteiger partial charge in [-0.2, -0.15) is 5.06 Å². The Morgan fingerprint density at radius 3 is 1.84 bits per heavy atom. The van der Waals surface area contributed by atoms with Crippen LogP contribution in [0, 0.1) is 5.92 Å². The number of carboxylic acids is 1. The number of carbonyl (C=O) groups is 2. The van der Waals surface area contributed by atoms with Gasteiger partial charge in [-0.1, -0.05) is 6.92 Å². The fourth-order valence-corrected chi connectivity index (χ4v) is 9.11. The number of aliphatic hydroxyl groups excluding tert-OH is 15. The van der Waals surface area contributed by atoms with Crippen molar-refractivity contribution in [1.82, 2.24) is 10.4 Å². The number of hydroxylamine groups is 2. The van der Waals surface area contributed by atoms with Crippen LogP contribution < -0.4 is 11.1 Å². The van der Waals surface area contributed by atoms with E-state index in [0.29, 0.717) is 0 Å². The Labute approximate surface area is 416 Å². The summed E-state index contributed by atoms with van der Waals surface area (Å²) in [6, 6.07) is -1.83. The van der Waals surface area contributed by atoms with Gasteiger partial charge in [-0.3, -0.25) is 9.63 Å². The van der Waals surface area contributed by atoms with E-state index in [0.717, 1.165) is 12.0 Å². The number of ether oxygens (including phenoxy) is 10. The molecule has 0 radical (unpaired) electrons. The zero-order valence-electron chi connectivity index (χ0n) is 40.0. The van der Waals surface area contributed by atoms with Gasteiger partial charge in [0, 0.05) is 32.9 Å². The summed E-state index contributed by atoms with van der Waals surface area (Å²) in [6.45, 7) is -2.37. The average molecular weight is 1070 g/mol. The number of aliphatic carboxylic acids is 1. The van der Waals surface area contributed by atoms with Crippen molar-refractivity contribution in [1.29, 1.82) is 0 Å². The van der Waals surface area contributed by atoms with Crippen LogP contribution >= 0.6 is 0 Å². The predicted molar refractivity (Wildman–Crippen MR) is 230 cm³/mol. The molecule has 5 aliphatic rings. The van der Waals surface area contributed by atoms with Crippen LogP contribution in [0.1, 0.15) is 20.3 Å². The molecular formula is C41H73N3O29. The molecule has 19 N–H and O–H groups in total. The number of carbonyl (C=O) groups excluding carboxylic acids is 1. The highest BCUT2D eigenvalue weighted by molar-refractivity contribution is 5.76. The molecule has 9 unspecified atom stereocenters. The molecule has 5 fully saturated rings. The molecule has 426 valence electrons. The molecule has 0 saturated carbocycles. The molecule has 0 aromatic rings. The lowest BCUT2D eigenvalue weighted by Crippen LogP contribution is -2.71. The molecule has 5 saturated heterocycles. The van der Waals surface area contributed by atoms with E-state index in [1.807, 2.05) is 0 Å². The summed E-state index contributed by atoms with van der Waals surface area (Å²) in [7, 11) is 1.33. The lowest BCUT2D eigenvalue weighted by Gasteiger charge is -2.52. The molecule has 0 aromatic carbocycles. The number of rotatable bonds is 24. The molecule has 26 atom stereocenters. The minimum Gasteiger partial charge on any atom is -0.477 e. The third-order valence-electron chi connectivity index (χ3n) is 13.2. The minimum absolute atomic E-state index is 0.0674. The number of amides is 1. The highest BCUT2D eigenvalue weighted by Crippen LogP contribution is 2.42. The SMILES string of the molecule is CC(=O)NC1[C@H](O[C@H]2C(CO)O[C@@H](O[C@@H]3C(CO)O[C@@H](N(C)OCCOCCN)C(O)[C@H]3O)C(O)[C@H]2O[C@]2(C(=O)O)CC(O)[C@@H](C)[C@H]([C@H](O)[C@H](O)CO)O2)OC(CO)[C@H](O)[C@@H]1O[C@@H]1OC(CO)[C@H](O)[C@H](O)C1O. The number of hydrogen-bond donors (Lipinski definition) is 18. The molecular weight excluding hydrogens is 998 g/mol. The number of carboxylic acid groups (broad SMARTS) is 1. The van der Waals surface area contributed by atoms with Gasteiger partial charge in [-0.05, 0) is 0 Å². The molecule has 0 spiro atoms. The van der Waals surface area contributed by atoms with E-state index in [-0.39, 0.29) is 26.4 Å². The van der Waals surface area contributed by atoms with Crippen molar-refractivity contribution in [2.45, 2.75) is 173 Å². The van der Waals surface area contributed by atoms with Crippen molar-refractivity contribution >= 4 is 11.9 Å². The van der Waals surface area contributed by atoms with E-state index in [1.54, 1.807) is 0 Å². The van der Waals surface area contributed by atoms with Gasteiger partial charge in [0.15, 0.2) is 25.1 Å². The Balaban J connectivity index is 1.55. The summed E-state index contributed by atoms with van der Waals surface area (Å²) < 4.78 is 58.4. The Kier molecular flexibility index (Phi) is 23.2. The van der Waals surface area contributed by atoms with Crippen molar-refractivity contribution in [3.8, 4) is 0 Å². The van der Waals surface area contributed by atoms with Gasteiger partial charge in [-0.25, -0.2) is 4.79 Å². The first-order valence-corrected chi connectivity index (χ1v) is 23.5. The maximum atomic E-state index is 13.4. The van der Waals surface area contributed by atoms with Crippen LogP contribution in [0.2, 0.25) is 0 Å². The van der Waals surface area contributed by atoms with Crippen LogP contribution in [-0.2, 0) is 61.8 Å². The second-order valence-corrected chi connectivity index (χ2v) is 18.3. The van der Waals surface area contributed by atoms with E-state index in [1.165, 1.54) is 14.0 Å². The molecule has 0 aromatic heterocycles. The van der Waals surface area contributed by atoms with Crippen LogP contribution in [-0.4, -0.2) is 318 Å². The molecule has 5 rings (SSSR count). The Morgan fingerprint density at radius 2 is 1.25 bits per heavy atom. The molecule has 32 heteroatoms. The van der Waals surface area contributed by atoms with Crippen molar-refractivity contribution in [3.05, 3.63) is 0 Å². The first kappa shape index (κ1) is 61.7. The first-order valence-electron chi connectivity index (χ1n) is 23.5. The number of nitrogens with two attached hydrogens (primary N) is 1. The van der Waals surface area contributed by atoms with Crippen LogP contribution in [0.5, 0.6) is 0 Å². The third-order valence-corrected chi connectivity index (χ3v) is 13.2. The number of aliphatic hydroxyl groups is 15. The largest absolute Gasteiger partial charge is 0.477 e. The second-order valence-electron chi connectivity index (χ2n) is 18.3. The standard InChI is InChI=1S/C41H73N3O29/c1-14-16(51)8-41(40(61)62,72-31(14)23(53)17(52)9-45)73-35-30(60)39(69-32-20(12-48)65-36(28(58)27(32)57)44(3)64-7-6-63-5-4-42)68-21(13-49)33(35)70-37-22(43-15(2)50)34(25(55)19(11-47)66-37)71-38-29(59)26(56)24(54)18(10-46)67-38/h14,16-39,45-49,51-60H,4-13,42H2,1-3H3,(H,43,50)(H,61,62)/t14-,16?,17-,18?,19?,20?,21?,22?,23-,24+,25+,26+,27-,28?,29?,30?,31-,32-,33+,34-,35-,36-,37+,38+,39+,41+/m1/s1. The fourth-order valence-electron chi connectivity index (χ4n) is 9.11. The smallest absolute Gasteiger partial charge is 0.364 e. The maximum absolute atomic E-state index is 13.4. The quantitative estimate of drug-likeness (QED) is 0.0315. The van der Waals surface area contributed by atoms with Crippen molar-refractivity contribution in [2.24, 2.45) is 11.7 Å². The van der Waals surface area contributed by atoms with Gasteiger partial charge in [0.05, 0.1) is 65.1 Å². The van der Waals surface area contributed by atoms with E-state index in [2.05, 4.69) is 5.32 Å². The number of likely N-dealkylation sites (N-methyl/N-ethyl adjacent to an activating group) is 1. The molecule has 5 heterocycles. The number of nitrogens with one attached hydrogen (secondary N) is 1. The second kappa shape index (κ2) is 27.4. The summed E-state index contributed by atoms with van der Waals surface area (Å²) in [5.74, 6) is -7.27. The van der Waals surface area contributed by atoms with Crippen molar-refractivity contribution < 1.29 is 143 Å². The van der Waals surface area contributed by atoms with Gasteiger partial charge in [0.1, 0.15) is 110 Å². The van der Waals surface area contributed by atoms with E-state index < -0.39 is 210 Å². The maximum Gasteiger partial charge on any atom is 0.364 e. The topological polar surface area (TPSA) is 501 Å². The van der Waals surface area contributed by atoms with Gasteiger partial charge in [0.25, 0.3) is 5.79 Å². The van der Waals surface area contributed by atoms with Crippen LogP contribution in [0.4, 0.5) is 0 Å². The molecule has 0 aliphatic carbocycles. The zero-order chi connectivity index (χ0) is 54.2. The summed E-state index contributed by atoms with van der Waals surface area (Å²) >= 11 is 0. The van der Waals surface area contributed by atoms with Gasteiger partial charge in [0.2, 0.25) is 5.91 Å². The fraction of sp³-hybridized carbons (Fsp3) is 0.951. The van der Waals surface area contributed by atoms with Gasteiger partial charge < -0.3 is 140 Å². The van der Waals surface area contributed by atoms with Crippen molar-refractivity contribution in [3.63, 3.8) is 0 Å². The van der Waals surface area contributed by atoms with Gasteiger partial charge >= 0.3 is 5.97 Å². The normalized spacial score (nSPS) is 44.4. The average Bonchev–Trinajstić information content (AvgIpc) is 3.36. The highest BCUT2D eigenvalue weighted by Gasteiger charge is 2.61. The summed E-state index contributed by atoms with van der Waals surface area (Å²) in [6.07, 6.45) is -45.6. The monoisotopic (exact) mass is 1070 g/mol. The molecule has 1 amide bonds. The lowest BCUT2D eigenvalue weighted by atomic mass is 9.84. The molecule has 5 aliphatic heterocycles. The van der Waals surface area contributed by atoms with Crippen molar-refractivity contribution in [2.75, 3.05) is 66.4 Å². The number of nitrogens with zero attached hydrogens (tertiary/aromatic N) is 1. The van der Waals surface area contributed by atoms with Crippen LogP contribution in [0.25, 0.3) is 0 Å². The summed E-state index contributed by atoms with van der Waals surface area (Å²) in [4.78, 5) is 31.8. The molecule has 0 bridgehead atoms. The van der Waals surface area contributed by atoms with Gasteiger partial charge in [-0.15, -0.1) is 0 Å². The molecule has 32 nitrogen and oxygen atoms in total.